The summed E-state index contributed by atoms with van der Waals surface area (Å²) >= 11 is 0. The highest BCUT2D eigenvalue weighted by Gasteiger charge is 2.07. The first-order valence-corrected chi connectivity index (χ1v) is 5.20. The molecule has 0 unspecified atom stereocenters. The number of nitrogens with one attached hydrogen (secondary N) is 1. The number of H-pyrrole nitrogens is 1. The monoisotopic (exact) mass is 229 g/mol. The standard InChI is InChI=1S/C11H11N5O/c1-15(2)7-3-4-8-9(5-7)14-11(17)16-10(8)12-6-13-16/h3-6H,1-2H3,(H,14,17). The van der Waals surface area contributed by atoms with Crippen molar-refractivity contribution >= 4 is 22.2 Å². The van der Waals surface area contributed by atoms with E-state index in [0.717, 1.165) is 16.6 Å². The topological polar surface area (TPSA) is 66.3 Å². The van der Waals surface area contributed by atoms with Crippen LogP contribution >= 0.6 is 0 Å². The van der Waals surface area contributed by atoms with Crippen molar-refractivity contribution in [2.24, 2.45) is 0 Å². The van der Waals surface area contributed by atoms with Gasteiger partial charge >= 0.3 is 5.69 Å². The maximum Gasteiger partial charge on any atom is 0.348 e. The normalized spacial score (nSPS) is 11.2. The molecule has 0 aliphatic carbocycles. The van der Waals surface area contributed by atoms with Crippen molar-refractivity contribution in [3.8, 4) is 0 Å². The van der Waals surface area contributed by atoms with Crippen molar-refractivity contribution in [1.29, 1.82) is 0 Å². The second-order valence-electron chi connectivity index (χ2n) is 4.05. The SMILES string of the molecule is CN(C)c1ccc2c(c1)[nH]c(=O)n1ncnc21. The number of anilines is 1. The number of benzene rings is 1. The van der Waals surface area contributed by atoms with Gasteiger partial charge in [0.1, 0.15) is 6.33 Å². The highest BCUT2D eigenvalue weighted by molar-refractivity contribution is 5.92. The Hall–Kier alpha value is -2.37. The molecule has 2 aromatic heterocycles. The van der Waals surface area contributed by atoms with Gasteiger partial charge < -0.3 is 9.88 Å². The molecule has 0 aliphatic heterocycles. The maximum absolute atomic E-state index is 11.7. The van der Waals surface area contributed by atoms with Crippen molar-refractivity contribution in [3.05, 3.63) is 35.0 Å². The zero-order chi connectivity index (χ0) is 12.0. The summed E-state index contributed by atoms with van der Waals surface area (Å²) in [5.74, 6) is 0. The fraction of sp³-hybridized carbons (Fsp3) is 0.182. The molecule has 0 radical (unpaired) electrons. The summed E-state index contributed by atoms with van der Waals surface area (Å²) in [4.78, 5) is 20.6. The van der Waals surface area contributed by atoms with Gasteiger partial charge in [0.25, 0.3) is 0 Å². The summed E-state index contributed by atoms with van der Waals surface area (Å²) in [6.07, 6.45) is 1.38. The Morgan fingerprint density at radius 2 is 2.18 bits per heavy atom. The second kappa shape index (κ2) is 3.31. The maximum atomic E-state index is 11.7. The molecule has 0 fully saturated rings. The van der Waals surface area contributed by atoms with E-state index in [1.54, 1.807) is 0 Å². The van der Waals surface area contributed by atoms with Gasteiger partial charge in [-0.2, -0.15) is 9.61 Å². The van der Waals surface area contributed by atoms with Crippen LogP contribution < -0.4 is 10.6 Å². The lowest BCUT2D eigenvalue weighted by Gasteiger charge is -2.12. The van der Waals surface area contributed by atoms with E-state index >= 15 is 0 Å². The molecule has 6 nitrogen and oxygen atoms in total. The van der Waals surface area contributed by atoms with Crippen LogP contribution in [0.3, 0.4) is 0 Å². The molecule has 3 rings (SSSR count). The second-order valence-corrected chi connectivity index (χ2v) is 4.05. The average molecular weight is 229 g/mol. The molecule has 0 saturated carbocycles. The van der Waals surface area contributed by atoms with E-state index in [0.29, 0.717) is 5.65 Å². The quantitative estimate of drug-likeness (QED) is 0.665. The Bertz CT molecular complexity index is 755. The molecule has 0 bridgehead atoms. The number of aromatic amines is 1. The third kappa shape index (κ3) is 1.37. The highest BCUT2D eigenvalue weighted by Crippen LogP contribution is 2.20. The van der Waals surface area contributed by atoms with Crippen LogP contribution in [-0.4, -0.2) is 33.7 Å². The summed E-state index contributed by atoms with van der Waals surface area (Å²) in [5, 5.41) is 4.76. The summed E-state index contributed by atoms with van der Waals surface area (Å²) in [6, 6.07) is 5.84. The minimum absolute atomic E-state index is 0.277. The van der Waals surface area contributed by atoms with Gasteiger partial charge in [0.15, 0.2) is 5.65 Å². The van der Waals surface area contributed by atoms with E-state index < -0.39 is 0 Å². The molecular formula is C11H11N5O. The molecule has 86 valence electrons. The van der Waals surface area contributed by atoms with Crippen molar-refractivity contribution in [2.75, 3.05) is 19.0 Å². The first-order chi connectivity index (χ1) is 8.16. The third-order valence-corrected chi connectivity index (χ3v) is 2.74. The van der Waals surface area contributed by atoms with Gasteiger partial charge in [0.05, 0.1) is 5.52 Å². The van der Waals surface area contributed by atoms with Crippen molar-refractivity contribution in [1.82, 2.24) is 19.6 Å². The molecule has 2 heterocycles. The molecule has 1 N–H and O–H groups in total. The summed E-state index contributed by atoms with van der Waals surface area (Å²) in [5.41, 5.74) is 2.09. The molecule has 1 aromatic carbocycles. The number of aromatic nitrogens is 4. The molecule has 0 amide bonds. The zero-order valence-electron chi connectivity index (χ0n) is 9.51. The van der Waals surface area contributed by atoms with Gasteiger partial charge in [-0.3, -0.25) is 0 Å². The highest BCUT2D eigenvalue weighted by atomic mass is 16.1. The Balaban J connectivity index is 2.46. The van der Waals surface area contributed by atoms with Crippen LogP contribution in [0.1, 0.15) is 0 Å². The largest absolute Gasteiger partial charge is 0.378 e. The van der Waals surface area contributed by atoms with Gasteiger partial charge in [0.2, 0.25) is 0 Å². The Morgan fingerprint density at radius 3 is 2.94 bits per heavy atom. The minimum Gasteiger partial charge on any atom is -0.378 e. The molecule has 0 atom stereocenters. The lowest BCUT2D eigenvalue weighted by molar-refractivity contribution is 0.881. The van der Waals surface area contributed by atoms with Crippen LogP contribution in [0.25, 0.3) is 16.6 Å². The summed E-state index contributed by atoms with van der Waals surface area (Å²) < 4.78 is 1.26. The Kier molecular flexibility index (Phi) is 1.91. The number of fused-ring (bicyclic) bond motifs is 3. The minimum atomic E-state index is -0.277. The van der Waals surface area contributed by atoms with Gasteiger partial charge in [0, 0.05) is 25.2 Å². The van der Waals surface area contributed by atoms with Crippen molar-refractivity contribution < 1.29 is 0 Å². The number of hydrogen-bond acceptors (Lipinski definition) is 4. The third-order valence-electron chi connectivity index (χ3n) is 2.74. The smallest absolute Gasteiger partial charge is 0.348 e. The zero-order valence-corrected chi connectivity index (χ0v) is 9.51. The van der Waals surface area contributed by atoms with Crippen LogP contribution in [0.2, 0.25) is 0 Å². The van der Waals surface area contributed by atoms with Crippen LogP contribution in [0.15, 0.2) is 29.3 Å². The molecule has 17 heavy (non-hydrogen) atoms. The van der Waals surface area contributed by atoms with Crippen LogP contribution in [0.5, 0.6) is 0 Å². The van der Waals surface area contributed by atoms with E-state index in [9.17, 15) is 4.79 Å². The first-order valence-electron chi connectivity index (χ1n) is 5.20. The predicted octanol–water partition coefficient (Wildman–Crippen LogP) is 0.637. The molecule has 0 spiro atoms. The number of nitrogens with zero attached hydrogens (tertiary/aromatic N) is 4. The van der Waals surface area contributed by atoms with Gasteiger partial charge in [-0.05, 0) is 18.2 Å². The molecule has 0 aliphatic rings. The van der Waals surface area contributed by atoms with E-state index in [1.807, 2.05) is 37.2 Å². The van der Waals surface area contributed by atoms with Crippen LogP contribution in [-0.2, 0) is 0 Å². The fourth-order valence-electron chi connectivity index (χ4n) is 1.85. The lowest BCUT2D eigenvalue weighted by atomic mass is 10.2. The lowest BCUT2D eigenvalue weighted by Crippen LogP contribution is -2.17. The summed E-state index contributed by atoms with van der Waals surface area (Å²) in [7, 11) is 3.91. The van der Waals surface area contributed by atoms with Gasteiger partial charge in [-0.1, -0.05) is 0 Å². The van der Waals surface area contributed by atoms with E-state index in [-0.39, 0.29) is 5.69 Å². The van der Waals surface area contributed by atoms with Crippen LogP contribution in [0.4, 0.5) is 5.69 Å². The molecular weight excluding hydrogens is 218 g/mol. The predicted molar refractivity (Wildman–Crippen MR) is 65.4 cm³/mol. The van der Waals surface area contributed by atoms with E-state index in [4.69, 9.17) is 0 Å². The van der Waals surface area contributed by atoms with Gasteiger partial charge in [-0.25, -0.2) is 9.78 Å². The summed E-state index contributed by atoms with van der Waals surface area (Å²) in [6.45, 7) is 0. The molecule has 6 heteroatoms. The number of rotatable bonds is 1. The Morgan fingerprint density at radius 1 is 1.35 bits per heavy atom. The Labute approximate surface area is 96.5 Å². The number of hydrogen-bond donors (Lipinski definition) is 1. The molecule has 3 aromatic rings. The van der Waals surface area contributed by atoms with Crippen molar-refractivity contribution in [2.45, 2.75) is 0 Å². The average Bonchev–Trinajstić information content (AvgIpc) is 2.78. The fourth-order valence-corrected chi connectivity index (χ4v) is 1.85. The molecule has 0 saturated heterocycles. The van der Waals surface area contributed by atoms with Gasteiger partial charge in [-0.15, -0.1) is 0 Å². The van der Waals surface area contributed by atoms with Crippen LogP contribution in [0, 0.1) is 0 Å². The first kappa shape index (κ1) is 9.83. The van der Waals surface area contributed by atoms with Crippen molar-refractivity contribution in [3.63, 3.8) is 0 Å². The van der Waals surface area contributed by atoms with E-state index in [1.165, 1.54) is 10.8 Å². The van der Waals surface area contributed by atoms with E-state index in [2.05, 4.69) is 15.1 Å².